The number of ether oxygens (including phenoxy) is 1. The lowest BCUT2D eigenvalue weighted by molar-refractivity contribution is -0.261. The lowest BCUT2D eigenvalue weighted by Crippen LogP contribution is -2.68. The van der Waals surface area contributed by atoms with Gasteiger partial charge in [0.15, 0.2) is 0 Å². The summed E-state index contributed by atoms with van der Waals surface area (Å²) >= 11 is 0. The third kappa shape index (κ3) is 3.57. The van der Waals surface area contributed by atoms with E-state index in [4.69, 9.17) is 9.57 Å². The number of carbonyl (C=O) groups is 3. The fourth-order valence-electron chi connectivity index (χ4n) is 4.82. The molecule has 3 aliphatic heterocycles. The van der Waals surface area contributed by atoms with Crippen molar-refractivity contribution >= 4 is 27.8 Å². The van der Waals surface area contributed by atoms with Crippen LogP contribution in [0.4, 0.5) is 0 Å². The van der Waals surface area contributed by atoms with Gasteiger partial charge in [0.05, 0.1) is 29.2 Å². The van der Waals surface area contributed by atoms with Gasteiger partial charge in [0.25, 0.3) is 11.8 Å². The average Bonchev–Trinajstić information content (AvgIpc) is 3.07. The minimum absolute atomic E-state index is 0.0598. The zero-order valence-electron chi connectivity index (χ0n) is 19.0. The summed E-state index contributed by atoms with van der Waals surface area (Å²) in [6, 6.07) is 12.6. The Labute approximate surface area is 202 Å². The van der Waals surface area contributed by atoms with Gasteiger partial charge in [0.2, 0.25) is 10.0 Å². The van der Waals surface area contributed by atoms with Crippen molar-refractivity contribution < 1.29 is 37.5 Å². The monoisotopic (exact) mass is 500 g/mol. The number of fused-ring (bicyclic) bond motifs is 1. The van der Waals surface area contributed by atoms with Crippen LogP contribution in [-0.2, 0) is 24.4 Å². The van der Waals surface area contributed by atoms with Crippen LogP contribution in [0.3, 0.4) is 0 Å². The Morgan fingerprint density at radius 2 is 1.51 bits per heavy atom. The number of hydroxylamine groups is 2. The molecular formula is C24H24N2O8S. The molecule has 11 heteroatoms. The van der Waals surface area contributed by atoms with Crippen LogP contribution in [0.25, 0.3) is 0 Å². The quantitative estimate of drug-likeness (QED) is 0.608. The Morgan fingerprint density at radius 3 is 2.00 bits per heavy atom. The summed E-state index contributed by atoms with van der Waals surface area (Å²) in [5.74, 6) is -2.51. The third-order valence-corrected chi connectivity index (χ3v) is 9.04. The molecule has 0 atom stereocenters. The van der Waals surface area contributed by atoms with Gasteiger partial charge in [-0.1, -0.05) is 34.9 Å². The number of aliphatic hydroxyl groups is 1. The summed E-state index contributed by atoms with van der Waals surface area (Å²) in [4.78, 5) is 44.3. The van der Waals surface area contributed by atoms with Crippen molar-refractivity contribution in [1.82, 2.24) is 9.37 Å². The van der Waals surface area contributed by atoms with E-state index in [-0.39, 0.29) is 55.2 Å². The second-order valence-corrected chi connectivity index (χ2v) is 11.1. The summed E-state index contributed by atoms with van der Waals surface area (Å²) in [6.07, 6.45) is -0.139. The topological polar surface area (TPSA) is 131 Å². The molecule has 184 valence electrons. The number of imide groups is 1. The average molecular weight is 501 g/mol. The van der Waals surface area contributed by atoms with Gasteiger partial charge in [-0.15, -0.1) is 0 Å². The highest BCUT2D eigenvalue weighted by molar-refractivity contribution is 7.89. The molecule has 3 aliphatic rings. The summed E-state index contributed by atoms with van der Waals surface area (Å²) < 4.78 is 32.7. The number of hydrogen-bond acceptors (Lipinski definition) is 8. The van der Waals surface area contributed by atoms with Crippen LogP contribution >= 0.6 is 0 Å². The number of nitrogens with zero attached hydrogens (tertiary/aromatic N) is 2. The van der Waals surface area contributed by atoms with E-state index < -0.39 is 38.8 Å². The molecule has 0 unspecified atom stereocenters. The van der Waals surface area contributed by atoms with Crippen molar-refractivity contribution in [2.45, 2.75) is 30.3 Å². The maximum atomic E-state index is 13.5. The number of hydrogen-bond donors (Lipinski definition) is 1. The molecule has 0 saturated carbocycles. The Hall–Kier alpha value is -3.12. The van der Waals surface area contributed by atoms with Gasteiger partial charge in [-0.25, -0.2) is 13.2 Å². The lowest BCUT2D eigenvalue weighted by Gasteiger charge is -2.52. The lowest BCUT2D eigenvalue weighted by atomic mass is 9.65. The smallest absolute Gasteiger partial charge is 0.342 e. The van der Waals surface area contributed by atoms with Gasteiger partial charge in [-0.05, 0) is 44.0 Å². The molecule has 35 heavy (non-hydrogen) atoms. The molecule has 2 saturated heterocycles. The first-order valence-electron chi connectivity index (χ1n) is 11.2. The fourth-order valence-corrected chi connectivity index (χ4v) is 6.26. The van der Waals surface area contributed by atoms with Crippen molar-refractivity contribution in [2.24, 2.45) is 5.41 Å². The molecule has 2 aromatic carbocycles. The molecule has 3 heterocycles. The number of sulfonamides is 1. The van der Waals surface area contributed by atoms with Crippen LogP contribution in [-0.4, -0.2) is 72.6 Å². The van der Waals surface area contributed by atoms with Crippen molar-refractivity contribution in [3.8, 4) is 0 Å². The van der Waals surface area contributed by atoms with E-state index in [1.165, 1.54) is 28.6 Å². The summed E-state index contributed by atoms with van der Waals surface area (Å²) in [7, 11) is -3.82. The molecule has 2 aromatic rings. The summed E-state index contributed by atoms with van der Waals surface area (Å²) in [6.45, 7) is 1.45. The highest BCUT2D eigenvalue weighted by Gasteiger charge is 2.63. The van der Waals surface area contributed by atoms with E-state index in [9.17, 15) is 27.9 Å². The third-order valence-electron chi connectivity index (χ3n) is 7.13. The number of benzene rings is 2. The zero-order chi connectivity index (χ0) is 25.0. The van der Waals surface area contributed by atoms with Crippen LogP contribution in [0.5, 0.6) is 0 Å². The number of amides is 2. The Morgan fingerprint density at radius 1 is 0.971 bits per heavy atom. The molecule has 0 aromatic heterocycles. The first kappa shape index (κ1) is 23.6. The summed E-state index contributed by atoms with van der Waals surface area (Å²) in [5, 5.41) is 11.6. The predicted octanol–water partition coefficient (Wildman–Crippen LogP) is 1.28. The SMILES string of the molecule is Cc1ccc(S(=O)(=O)N2CCC(C(=O)ON3C(=O)c4ccccc4C3=O)(C3(O)COC3)CC2)cc1. The Kier molecular flexibility index (Phi) is 5.55. The van der Waals surface area contributed by atoms with Crippen LogP contribution in [0, 0.1) is 12.3 Å². The number of carbonyl (C=O) groups excluding carboxylic acids is 3. The predicted molar refractivity (Wildman–Crippen MR) is 120 cm³/mol. The van der Waals surface area contributed by atoms with Crippen molar-refractivity contribution in [2.75, 3.05) is 26.3 Å². The van der Waals surface area contributed by atoms with Crippen LogP contribution in [0.2, 0.25) is 0 Å². The number of rotatable bonds is 5. The molecule has 1 N–H and O–H groups in total. The molecular weight excluding hydrogens is 476 g/mol. The summed E-state index contributed by atoms with van der Waals surface area (Å²) in [5.41, 5.74) is -2.01. The van der Waals surface area contributed by atoms with Gasteiger partial charge < -0.3 is 14.7 Å². The normalized spacial score (nSPS) is 21.4. The van der Waals surface area contributed by atoms with Crippen LogP contribution < -0.4 is 0 Å². The zero-order valence-corrected chi connectivity index (χ0v) is 19.8. The molecule has 0 bridgehead atoms. The fraction of sp³-hybridized carbons (Fsp3) is 0.375. The van der Waals surface area contributed by atoms with E-state index in [0.717, 1.165) is 5.56 Å². The van der Waals surface area contributed by atoms with Crippen molar-refractivity contribution in [3.05, 3.63) is 65.2 Å². The van der Waals surface area contributed by atoms with Gasteiger partial charge in [-0.2, -0.15) is 4.31 Å². The maximum absolute atomic E-state index is 13.5. The largest absolute Gasteiger partial charge is 0.384 e. The van der Waals surface area contributed by atoms with E-state index >= 15 is 0 Å². The maximum Gasteiger partial charge on any atom is 0.342 e. The van der Waals surface area contributed by atoms with Gasteiger partial charge >= 0.3 is 5.97 Å². The van der Waals surface area contributed by atoms with Gasteiger partial charge in [-0.3, -0.25) is 9.59 Å². The second kappa shape index (κ2) is 8.23. The van der Waals surface area contributed by atoms with E-state index in [2.05, 4.69) is 0 Å². The molecule has 0 spiro atoms. The van der Waals surface area contributed by atoms with E-state index in [1.807, 2.05) is 6.92 Å². The van der Waals surface area contributed by atoms with Crippen molar-refractivity contribution in [1.29, 1.82) is 0 Å². The molecule has 0 radical (unpaired) electrons. The molecule has 2 amide bonds. The van der Waals surface area contributed by atoms with E-state index in [0.29, 0.717) is 5.06 Å². The second-order valence-electron chi connectivity index (χ2n) is 9.15. The Balaban J connectivity index is 1.38. The van der Waals surface area contributed by atoms with Gasteiger partial charge in [0, 0.05) is 13.1 Å². The molecule has 2 fully saturated rings. The number of aryl methyl sites for hydroxylation is 1. The first-order chi connectivity index (χ1) is 16.6. The van der Waals surface area contributed by atoms with E-state index in [1.54, 1.807) is 24.3 Å². The molecule has 10 nitrogen and oxygen atoms in total. The van der Waals surface area contributed by atoms with Crippen LogP contribution in [0.1, 0.15) is 39.1 Å². The molecule has 5 rings (SSSR count). The van der Waals surface area contributed by atoms with Crippen molar-refractivity contribution in [3.63, 3.8) is 0 Å². The highest BCUT2D eigenvalue weighted by atomic mass is 32.2. The standard InChI is InChI=1S/C24H24N2O8S/c1-16-6-8-17(9-7-16)35(31,32)25-12-10-23(11-13-25,24(30)14-33-15-24)22(29)34-26-20(27)18-4-2-3-5-19(18)21(26)28/h2-9,30H,10-15H2,1H3. The minimum atomic E-state index is -3.82. The number of piperidine rings is 1. The highest BCUT2D eigenvalue weighted by Crippen LogP contribution is 2.47. The van der Waals surface area contributed by atoms with Gasteiger partial charge in [0.1, 0.15) is 11.0 Å². The Bertz CT molecular complexity index is 1270. The molecule has 0 aliphatic carbocycles. The van der Waals surface area contributed by atoms with Crippen LogP contribution in [0.15, 0.2) is 53.4 Å². The minimum Gasteiger partial charge on any atom is -0.384 e. The first-order valence-corrected chi connectivity index (χ1v) is 12.6.